The van der Waals surface area contributed by atoms with Gasteiger partial charge in [-0.2, -0.15) is 0 Å². The fraction of sp³-hybridized carbons (Fsp3) is 0.250. The van der Waals surface area contributed by atoms with Crippen molar-refractivity contribution in [3.05, 3.63) is 58.6 Å². The van der Waals surface area contributed by atoms with E-state index in [0.29, 0.717) is 30.2 Å². The second-order valence-corrected chi connectivity index (χ2v) is 7.56. The van der Waals surface area contributed by atoms with Gasteiger partial charge >= 0.3 is 0 Å². The lowest BCUT2D eigenvalue weighted by Crippen LogP contribution is -2.35. The van der Waals surface area contributed by atoms with Gasteiger partial charge in [0.2, 0.25) is 0 Å². The van der Waals surface area contributed by atoms with Crippen LogP contribution in [0, 0.1) is 6.92 Å². The third-order valence-corrected chi connectivity index (χ3v) is 5.98. The molecule has 1 aliphatic heterocycles. The molecule has 0 radical (unpaired) electrons. The Morgan fingerprint density at radius 3 is 2.70 bits per heavy atom. The van der Waals surface area contributed by atoms with Crippen LogP contribution in [0.2, 0.25) is 5.02 Å². The second kappa shape index (κ2) is 7.09. The Morgan fingerprint density at radius 2 is 1.91 bits per heavy atom. The van der Waals surface area contributed by atoms with Gasteiger partial charge < -0.3 is 5.32 Å². The lowest BCUT2D eigenvalue weighted by Gasteiger charge is -2.25. The number of nitrogens with one attached hydrogen (secondary N) is 1. The van der Waals surface area contributed by atoms with Crippen LogP contribution in [0.3, 0.4) is 0 Å². The highest BCUT2D eigenvalue weighted by molar-refractivity contribution is 7.92. The molecule has 4 nitrogen and oxygen atoms in total. The number of sulfonamides is 1. The zero-order valence-corrected chi connectivity index (χ0v) is 15.0. The number of aryl methyl sites for hydroxylation is 1. The summed E-state index contributed by atoms with van der Waals surface area (Å²) in [6, 6.07) is 12.5. The summed E-state index contributed by atoms with van der Waals surface area (Å²) in [6.07, 6.45) is 0. The summed E-state index contributed by atoms with van der Waals surface area (Å²) in [5.41, 5.74) is 2.40. The molecule has 1 N–H and O–H groups in total. The van der Waals surface area contributed by atoms with Crippen LogP contribution in [-0.2, 0) is 16.6 Å². The number of fused-ring (bicyclic) bond motifs is 1. The van der Waals surface area contributed by atoms with Crippen LogP contribution >= 0.6 is 24.0 Å². The third kappa shape index (κ3) is 3.48. The Morgan fingerprint density at radius 1 is 1.17 bits per heavy atom. The van der Waals surface area contributed by atoms with Crippen molar-refractivity contribution in [2.24, 2.45) is 0 Å². The van der Waals surface area contributed by atoms with E-state index in [0.717, 1.165) is 11.3 Å². The maximum atomic E-state index is 13.1. The zero-order chi connectivity index (χ0) is 15.7. The standard InChI is InChI=1S/C16H17ClN2O2S.ClH/c1-12-6-7-14(17)10-16(12)22(20,21)19-9-8-18-11-13-4-2-3-5-15(13)19;/h2-7,10,18H,8-9,11H2,1H3;1H. The van der Waals surface area contributed by atoms with Crippen molar-refractivity contribution in [1.82, 2.24) is 5.32 Å². The van der Waals surface area contributed by atoms with E-state index < -0.39 is 10.0 Å². The molecule has 0 unspecified atom stereocenters. The average Bonchev–Trinajstić information content (AvgIpc) is 2.72. The van der Waals surface area contributed by atoms with E-state index in [1.54, 1.807) is 19.1 Å². The number of hydrogen-bond acceptors (Lipinski definition) is 3. The van der Waals surface area contributed by atoms with E-state index in [1.165, 1.54) is 10.4 Å². The lowest BCUT2D eigenvalue weighted by molar-refractivity contribution is 0.589. The molecule has 0 fully saturated rings. The molecule has 23 heavy (non-hydrogen) atoms. The minimum absolute atomic E-state index is 0. The van der Waals surface area contributed by atoms with Gasteiger partial charge in [-0.25, -0.2) is 8.42 Å². The Bertz CT molecular complexity index is 809. The number of anilines is 1. The minimum Gasteiger partial charge on any atom is -0.311 e. The maximum absolute atomic E-state index is 13.1. The summed E-state index contributed by atoms with van der Waals surface area (Å²) in [4.78, 5) is 0.261. The van der Waals surface area contributed by atoms with Crippen LogP contribution < -0.4 is 9.62 Å². The monoisotopic (exact) mass is 372 g/mol. The van der Waals surface area contributed by atoms with Gasteiger partial charge in [-0.15, -0.1) is 12.4 Å². The zero-order valence-electron chi connectivity index (χ0n) is 12.6. The van der Waals surface area contributed by atoms with Gasteiger partial charge in [0.25, 0.3) is 10.0 Å². The summed E-state index contributed by atoms with van der Waals surface area (Å²) >= 11 is 6.00. The van der Waals surface area contributed by atoms with E-state index in [4.69, 9.17) is 11.6 Å². The molecule has 1 aliphatic rings. The normalized spacial score (nSPS) is 14.6. The highest BCUT2D eigenvalue weighted by Crippen LogP contribution is 2.30. The Balaban J connectivity index is 0.00000192. The van der Waals surface area contributed by atoms with E-state index in [1.807, 2.05) is 24.3 Å². The first-order valence-electron chi connectivity index (χ1n) is 7.07. The fourth-order valence-corrected chi connectivity index (χ4v) is 4.64. The lowest BCUT2D eigenvalue weighted by atomic mass is 10.2. The van der Waals surface area contributed by atoms with Crippen molar-refractivity contribution in [2.45, 2.75) is 18.4 Å². The minimum atomic E-state index is -3.64. The molecule has 3 rings (SSSR count). The Labute approximate surface area is 147 Å². The first-order valence-corrected chi connectivity index (χ1v) is 8.89. The molecule has 0 saturated carbocycles. The molecule has 0 aliphatic carbocycles. The van der Waals surface area contributed by atoms with Gasteiger partial charge in [-0.3, -0.25) is 4.31 Å². The molecule has 0 saturated heterocycles. The predicted octanol–water partition coefficient (Wildman–Crippen LogP) is 3.37. The summed E-state index contributed by atoms with van der Waals surface area (Å²) in [5.74, 6) is 0. The molecular formula is C16H18Cl2N2O2S. The molecule has 0 spiro atoms. The summed E-state index contributed by atoms with van der Waals surface area (Å²) in [5, 5.41) is 3.67. The Kier molecular flexibility index (Phi) is 5.57. The van der Waals surface area contributed by atoms with Crippen LogP contribution in [0.15, 0.2) is 47.4 Å². The van der Waals surface area contributed by atoms with Crippen molar-refractivity contribution >= 4 is 39.7 Å². The molecule has 2 aromatic carbocycles. The van der Waals surface area contributed by atoms with E-state index in [9.17, 15) is 8.42 Å². The molecule has 2 aromatic rings. The molecule has 0 bridgehead atoms. The molecular weight excluding hydrogens is 355 g/mol. The van der Waals surface area contributed by atoms with Gasteiger partial charge in [0.15, 0.2) is 0 Å². The number of hydrogen-bond donors (Lipinski definition) is 1. The number of nitrogens with zero attached hydrogens (tertiary/aromatic N) is 1. The molecule has 0 aromatic heterocycles. The highest BCUT2D eigenvalue weighted by Gasteiger charge is 2.29. The van der Waals surface area contributed by atoms with E-state index >= 15 is 0 Å². The second-order valence-electron chi connectivity index (χ2n) is 5.29. The quantitative estimate of drug-likeness (QED) is 0.878. The number of benzene rings is 2. The molecule has 1 heterocycles. The van der Waals surface area contributed by atoms with Crippen LogP contribution in [0.4, 0.5) is 5.69 Å². The number of halogens is 2. The average molecular weight is 373 g/mol. The summed E-state index contributed by atoms with van der Waals surface area (Å²) in [6.45, 7) is 3.45. The maximum Gasteiger partial charge on any atom is 0.264 e. The van der Waals surface area contributed by atoms with Crippen molar-refractivity contribution in [3.63, 3.8) is 0 Å². The van der Waals surface area contributed by atoms with E-state index in [2.05, 4.69) is 5.32 Å². The van der Waals surface area contributed by atoms with Gasteiger partial charge in [0.1, 0.15) is 0 Å². The van der Waals surface area contributed by atoms with Crippen LogP contribution in [0.1, 0.15) is 11.1 Å². The predicted molar refractivity (Wildman–Crippen MR) is 96.1 cm³/mol. The summed E-state index contributed by atoms with van der Waals surface area (Å²) < 4.78 is 27.7. The fourth-order valence-electron chi connectivity index (χ4n) is 2.65. The van der Waals surface area contributed by atoms with E-state index in [-0.39, 0.29) is 17.3 Å². The first-order chi connectivity index (χ1) is 10.5. The topological polar surface area (TPSA) is 49.4 Å². The third-order valence-electron chi connectivity index (χ3n) is 3.79. The van der Waals surface area contributed by atoms with Crippen molar-refractivity contribution in [2.75, 3.05) is 17.4 Å². The molecule has 124 valence electrons. The van der Waals surface area contributed by atoms with Gasteiger partial charge in [-0.1, -0.05) is 35.9 Å². The van der Waals surface area contributed by atoms with Crippen LogP contribution in [-0.4, -0.2) is 21.5 Å². The first kappa shape index (κ1) is 18.1. The van der Waals surface area contributed by atoms with Gasteiger partial charge in [-0.05, 0) is 36.2 Å². The summed E-state index contributed by atoms with van der Waals surface area (Å²) in [7, 11) is -3.64. The van der Waals surface area contributed by atoms with Gasteiger partial charge in [0.05, 0.1) is 10.6 Å². The molecule has 0 amide bonds. The van der Waals surface area contributed by atoms with Crippen LogP contribution in [0.25, 0.3) is 0 Å². The van der Waals surface area contributed by atoms with Crippen molar-refractivity contribution in [1.29, 1.82) is 0 Å². The SMILES string of the molecule is Cc1ccc(Cl)cc1S(=O)(=O)N1CCNCc2ccccc21.Cl. The molecule has 0 atom stereocenters. The van der Waals surface area contributed by atoms with Gasteiger partial charge in [0, 0.05) is 24.7 Å². The van der Waals surface area contributed by atoms with Crippen molar-refractivity contribution < 1.29 is 8.42 Å². The van der Waals surface area contributed by atoms with Crippen molar-refractivity contribution in [3.8, 4) is 0 Å². The largest absolute Gasteiger partial charge is 0.311 e. The molecule has 7 heteroatoms. The smallest absolute Gasteiger partial charge is 0.264 e. The number of rotatable bonds is 2. The highest BCUT2D eigenvalue weighted by atomic mass is 35.5. The van der Waals surface area contributed by atoms with Crippen LogP contribution in [0.5, 0.6) is 0 Å². The Hall–Kier alpha value is -1.27. The number of para-hydroxylation sites is 1.